The molecule has 3 aromatic rings. The Balaban J connectivity index is 1.81. The molecular formula is C22H24ClN3O3S. The fourth-order valence-electron chi connectivity index (χ4n) is 3.04. The fraction of sp³-hybridized carbons (Fsp3) is 0.318. The first-order valence-electron chi connectivity index (χ1n) is 9.72. The number of carbonyl (C=O) groups excluding carboxylic acids is 1. The van der Waals surface area contributed by atoms with Crippen LogP contribution in [0.3, 0.4) is 0 Å². The molecule has 1 N–H and O–H groups in total. The van der Waals surface area contributed by atoms with Crippen molar-refractivity contribution in [3.63, 3.8) is 0 Å². The minimum absolute atomic E-state index is 0.138. The number of ether oxygens (including phenoxy) is 1. The van der Waals surface area contributed by atoms with Gasteiger partial charge in [0, 0.05) is 31.0 Å². The first kappa shape index (κ1) is 22.3. The zero-order valence-corrected chi connectivity index (χ0v) is 18.6. The number of amides is 1. The number of methoxy groups -OCH3 is 1. The molecule has 158 valence electrons. The summed E-state index contributed by atoms with van der Waals surface area (Å²) < 4.78 is 6.71. The van der Waals surface area contributed by atoms with Crippen molar-refractivity contribution in [1.29, 1.82) is 0 Å². The third-order valence-corrected chi connectivity index (χ3v) is 5.78. The highest BCUT2D eigenvalue weighted by molar-refractivity contribution is 7.99. The summed E-state index contributed by atoms with van der Waals surface area (Å²) in [6.07, 6.45) is 1.57. The van der Waals surface area contributed by atoms with E-state index in [0.717, 1.165) is 17.7 Å². The Hall–Kier alpha value is -2.35. The number of thioether (sulfide) groups is 1. The van der Waals surface area contributed by atoms with E-state index in [2.05, 4.69) is 17.2 Å². The molecule has 0 aliphatic rings. The lowest BCUT2D eigenvalue weighted by Gasteiger charge is -2.13. The van der Waals surface area contributed by atoms with Crippen molar-refractivity contribution in [2.45, 2.75) is 31.5 Å². The zero-order chi connectivity index (χ0) is 21.5. The van der Waals surface area contributed by atoms with E-state index in [1.54, 1.807) is 29.9 Å². The van der Waals surface area contributed by atoms with Gasteiger partial charge in [0.05, 0.1) is 16.7 Å². The molecule has 30 heavy (non-hydrogen) atoms. The average molecular weight is 446 g/mol. The molecule has 3 rings (SSSR count). The summed E-state index contributed by atoms with van der Waals surface area (Å²) in [5, 5.41) is 4.40. The number of rotatable bonds is 9. The van der Waals surface area contributed by atoms with Crippen LogP contribution in [0.2, 0.25) is 5.02 Å². The summed E-state index contributed by atoms with van der Waals surface area (Å²) in [5.41, 5.74) is 2.29. The van der Waals surface area contributed by atoms with Crippen LogP contribution in [0.4, 0.5) is 5.69 Å². The Labute approximate surface area is 184 Å². The molecule has 0 fully saturated rings. The number of nitrogens with one attached hydrogen (secondary N) is 1. The van der Waals surface area contributed by atoms with E-state index in [9.17, 15) is 9.59 Å². The molecule has 1 amide bonds. The maximum absolute atomic E-state index is 13.0. The Morgan fingerprint density at radius 1 is 1.27 bits per heavy atom. The Morgan fingerprint density at radius 3 is 2.87 bits per heavy atom. The topological polar surface area (TPSA) is 73.2 Å². The molecule has 0 aliphatic carbocycles. The van der Waals surface area contributed by atoms with Crippen molar-refractivity contribution in [3.05, 3.63) is 63.4 Å². The van der Waals surface area contributed by atoms with Gasteiger partial charge < -0.3 is 10.1 Å². The van der Waals surface area contributed by atoms with Crippen LogP contribution in [0.1, 0.15) is 18.9 Å². The molecule has 6 nitrogen and oxygen atoms in total. The predicted octanol–water partition coefficient (Wildman–Crippen LogP) is 4.38. The highest BCUT2D eigenvalue weighted by Crippen LogP contribution is 2.21. The number of anilines is 1. The van der Waals surface area contributed by atoms with Gasteiger partial charge in [-0.15, -0.1) is 0 Å². The van der Waals surface area contributed by atoms with Crippen molar-refractivity contribution in [2.24, 2.45) is 0 Å². The van der Waals surface area contributed by atoms with Gasteiger partial charge in [0.15, 0.2) is 5.16 Å². The second-order valence-electron chi connectivity index (χ2n) is 6.75. The standard InChI is InChI=1S/C22H24ClN3O3S/c1-3-15-6-4-7-17(12-15)24-20(27)14-30-22-25-19-13-16(23)8-9-18(19)21(28)26(22)10-5-11-29-2/h4,6-9,12-13H,3,5,10-11,14H2,1-2H3,(H,24,27). The van der Waals surface area contributed by atoms with Crippen LogP contribution in [0.25, 0.3) is 10.9 Å². The molecule has 0 saturated carbocycles. The minimum Gasteiger partial charge on any atom is -0.385 e. The third-order valence-electron chi connectivity index (χ3n) is 4.56. The first-order chi connectivity index (χ1) is 14.5. The van der Waals surface area contributed by atoms with Gasteiger partial charge in [0.2, 0.25) is 5.91 Å². The molecule has 0 spiro atoms. The molecule has 2 aromatic carbocycles. The predicted molar refractivity (Wildman–Crippen MR) is 123 cm³/mol. The number of hydrogen-bond acceptors (Lipinski definition) is 5. The summed E-state index contributed by atoms with van der Waals surface area (Å²) >= 11 is 7.30. The summed E-state index contributed by atoms with van der Waals surface area (Å²) in [6.45, 7) is 3.06. The average Bonchev–Trinajstić information content (AvgIpc) is 2.74. The van der Waals surface area contributed by atoms with E-state index in [-0.39, 0.29) is 17.2 Å². The second kappa shape index (κ2) is 10.6. The van der Waals surface area contributed by atoms with Gasteiger partial charge in [-0.05, 0) is 48.7 Å². The van der Waals surface area contributed by atoms with Crippen LogP contribution in [-0.4, -0.2) is 34.9 Å². The molecular weight excluding hydrogens is 422 g/mol. The number of hydrogen-bond donors (Lipinski definition) is 1. The van der Waals surface area contributed by atoms with Crippen LogP contribution in [-0.2, 0) is 22.5 Å². The van der Waals surface area contributed by atoms with Gasteiger partial charge in [0.25, 0.3) is 5.56 Å². The first-order valence-corrected chi connectivity index (χ1v) is 11.1. The number of aryl methyl sites for hydroxylation is 1. The second-order valence-corrected chi connectivity index (χ2v) is 8.13. The molecule has 1 heterocycles. The van der Waals surface area contributed by atoms with Gasteiger partial charge >= 0.3 is 0 Å². The Morgan fingerprint density at radius 2 is 2.10 bits per heavy atom. The van der Waals surface area contributed by atoms with Crippen molar-refractivity contribution in [3.8, 4) is 0 Å². The van der Waals surface area contributed by atoms with Crippen molar-refractivity contribution in [1.82, 2.24) is 9.55 Å². The summed E-state index contributed by atoms with van der Waals surface area (Å²) in [7, 11) is 1.62. The van der Waals surface area contributed by atoms with Gasteiger partial charge in [-0.2, -0.15) is 0 Å². The Kier molecular flexibility index (Phi) is 7.90. The van der Waals surface area contributed by atoms with Crippen molar-refractivity contribution in [2.75, 3.05) is 24.8 Å². The van der Waals surface area contributed by atoms with Gasteiger partial charge in [-0.1, -0.05) is 42.4 Å². The van der Waals surface area contributed by atoms with E-state index in [4.69, 9.17) is 16.3 Å². The maximum Gasteiger partial charge on any atom is 0.262 e. The number of halogens is 1. The lowest BCUT2D eigenvalue weighted by molar-refractivity contribution is -0.113. The van der Waals surface area contributed by atoms with Crippen LogP contribution in [0.5, 0.6) is 0 Å². The van der Waals surface area contributed by atoms with Gasteiger partial charge in [-0.25, -0.2) is 4.98 Å². The molecule has 0 unspecified atom stereocenters. The van der Waals surface area contributed by atoms with Crippen molar-refractivity contribution >= 4 is 45.9 Å². The van der Waals surface area contributed by atoms with Crippen molar-refractivity contribution < 1.29 is 9.53 Å². The van der Waals surface area contributed by atoms with E-state index in [0.29, 0.717) is 40.7 Å². The third kappa shape index (κ3) is 5.62. The number of nitrogens with zero attached hydrogens (tertiary/aromatic N) is 2. The number of aromatic nitrogens is 2. The SMILES string of the molecule is CCc1cccc(NC(=O)CSc2nc3cc(Cl)ccc3c(=O)n2CCCOC)c1. The minimum atomic E-state index is -0.155. The van der Waals surface area contributed by atoms with E-state index < -0.39 is 0 Å². The zero-order valence-electron chi connectivity index (χ0n) is 17.0. The van der Waals surface area contributed by atoms with Crippen LogP contribution < -0.4 is 10.9 Å². The monoisotopic (exact) mass is 445 g/mol. The van der Waals surface area contributed by atoms with Crippen LogP contribution >= 0.6 is 23.4 Å². The summed E-state index contributed by atoms with van der Waals surface area (Å²) in [4.78, 5) is 30.1. The Bertz CT molecular complexity index is 1100. The summed E-state index contributed by atoms with van der Waals surface area (Å²) in [6, 6.07) is 12.8. The van der Waals surface area contributed by atoms with Gasteiger partial charge in [-0.3, -0.25) is 14.2 Å². The smallest absolute Gasteiger partial charge is 0.262 e. The normalized spacial score (nSPS) is 11.0. The molecule has 1 aromatic heterocycles. The molecule has 0 aliphatic heterocycles. The van der Waals surface area contributed by atoms with E-state index in [1.807, 2.05) is 24.3 Å². The quantitative estimate of drug-likeness (QED) is 0.300. The van der Waals surface area contributed by atoms with E-state index in [1.165, 1.54) is 11.8 Å². The molecule has 0 saturated heterocycles. The van der Waals surface area contributed by atoms with Gasteiger partial charge in [0.1, 0.15) is 0 Å². The van der Waals surface area contributed by atoms with E-state index >= 15 is 0 Å². The molecule has 8 heteroatoms. The van der Waals surface area contributed by atoms with Crippen LogP contribution in [0.15, 0.2) is 52.4 Å². The lowest BCUT2D eigenvalue weighted by Crippen LogP contribution is -2.25. The fourth-order valence-corrected chi connectivity index (χ4v) is 4.04. The van der Waals surface area contributed by atoms with Crippen LogP contribution in [0, 0.1) is 0 Å². The molecule has 0 atom stereocenters. The lowest BCUT2D eigenvalue weighted by atomic mass is 10.1. The number of fused-ring (bicyclic) bond motifs is 1. The highest BCUT2D eigenvalue weighted by atomic mass is 35.5. The molecule has 0 radical (unpaired) electrons. The largest absolute Gasteiger partial charge is 0.385 e. The summed E-state index contributed by atoms with van der Waals surface area (Å²) in [5.74, 6) is -0.0174. The number of carbonyl (C=O) groups is 1. The highest BCUT2D eigenvalue weighted by Gasteiger charge is 2.14. The molecule has 0 bridgehead atoms. The number of benzene rings is 2. The maximum atomic E-state index is 13.0.